The highest BCUT2D eigenvalue weighted by molar-refractivity contribution is 7.80. The number of thiocarbonyl (C=S) groups is 1. The molecule has 2 aromatic rings. The lowest BCUT2D eigenvalue weighted by atomic mass is 9.98. The fraction of sp³-hybridized carbons (Fsp3) is 0.267. The third kappa shape index (κ3) is 3.11. The van der Waals surface area contributed by atoms with Crippen molar-refractivity contribution in [2.75, 3.05) is 0 Å². The van der Waals surface area contributed by atoms with E-state index in [2.05, 4.69) is 36.8 Å². The van der Waals surface area contributed by atoms with Gasteiger partial charge in [-0.25, -0.2) is 9.97 Å². The first-order valence-electron chi connectivity index (χ1n) is 6.38. The first-order valence-corrected chi connectivity index (χ1v) is 6.79. The summed E-state index contributed by atoms with van der Waals surface area (Å²) >= 11 is 4.94. The summed E-state index contributed by atoms with van der Waals surface area (Å²) in [5.41, 5.74) is 8.48. The van der Waals surface area contributed by atoms with Gasteiger partial charge in [0, 0.05) is 12.4 Å². The Morgan fingerprint density at radius 2 is 1.95 bits per heavy atom. The molecule has 1 heterocycles. The molecule has 5 heteroatoms. The third-order valence-corrected chi connectivity index (χ3v) is 3.17. The molecule has 20 heavy (non-hydrogen) atoms. The predicted octanol–water partition coefficient (Wildman–Crippen LogP) is 3.33. The highest BCUT2D eigenvalue weighted by atomic mass is 32.1. The van der Waals surface area contributed by atoms with Crippen LogP contribution in [0, 0.1) is 6.92 Å². The Balaban J connectivity index is 2.31. The summed E-state index contributed by atoms with van der Waals surface area (Å²) in [6, 6.07) is 5.96. The molecule has 0 saturated carbocycles. The van der Waals surface area contributed by atoms with Crippen molar-refractivity contribution in [1.29, 1.82) is 0 Å². The molecule has 104 valence electrons. The summed E-state index contributed by atoms with van der Waals surface area (Å²) < 4.78 is 5.75. The molecule has 0 saturated heterocycles. The maximum atomic E-state index is 5.75. The Morgan fingerprint density at radius 1 is 1.25 bits per heavy atom. The molecule has 2 rings (SSSR count). The second kappa shape index (κ2) is 5.96. The first kappa shape index (κ1) is 14.4. The molecule has 0 spiro atoms. The lowest BCUT2D eigenvalue weighted by Crippen LogP contribution is -2.13. The Kier molecular flexibility index (Phi) is 4.29. The number of benzene rings is 1. The zero-order valence-corrected chi connectivity index (χ0v) is 12.6. The Bertz CT molecular complexity index is 641. The molecule has 2 N–H and O–H groups in total. The van der Waals surface area contributed by atoms with Crippen molar-refractivity contribution in [2.24, 2.45) is 5.73 Å². The van der Waals surface area contributed by atoms with Crippen LogP contribution in [-0.4, -0.2) is 15.0 Å². The molecule has 0 unspecified atom stereocenters. The van der Waals surface area contributed by atoms with Gasteiger partial charge in [-0.05, 0) is 36.1 Å². The van der Waals surface area contributed by atoms with Crippen LogP contribution >= 0.6 is 12.2 Å². The molecule has 0 bridgehead atoms. The minimum absolute atomic E-state index is 0.170. The van der Waals surface area contributed by atoms with Gasteiger partial charge in [0.2, 0.25) is 5.88 Å². The number of nitrogens with zero attached hydrogens (tertiary/aromatic N) is 2. The monoisotopic (exact) mass is 287 g/mol. The van der Waals surface area contributed by atoms with Crippen molar-refractivity contribution in [3.63, 3.8) is 0 Å². The van der Waals surface area contributed by atoms with E-state index >= 15 is 0 Å². The first-order chi connectivity index (χ1) is 9.49. The zero-order chi connectivity index (χ0) is 14.7. The van der Waals surface area contributed by atoms with Crippen molar-refractivity contribution in [1.82, 2.24) is 9.97 Å². The van der Waals surface area contributed by atoms with Crippen LogP contribution in [0.15, 0.2) is 30.6 Å². The Hall–Kier alpha value is -2.01. The lowest BCUT2D eigenvalue weighted by molar-refractivity contribution is 0.458. The molecule has 0 aliphatic heterocycles. The van der Waals surface area contributed by atoms with E-state index in [4.69, 9.17) is 22.7 Å². The van der Waals surface area contributed by atoms with Crippen LogP contribution < -0.4 is 10.5 Å². The molecule has 0 fully saturated rings. The van der Waals surface area contributed by atoms with E-state index in [1.165, 1.54) is 17.3 Å². The molecule has 0 amide bonds. The molecule has 4 nitrogen and oxygen atoms in total. The van der Waals surface area contributed by atoms with E-state index in [9.17, 15) is 0 Å². The highest BCUT2D eigenvalue weighted by Crippen LogP contribution is 2.27. The molecule has 0 aliphatic carbocycles. The van der Waals surface area contributed by atoms with Gasteiger partial charge in [-0.3, -0.25) is 0 Å². The Labute approximate surface area is 124 Å². The zero-order valence-electron chi connectivity index (χ0n) is 11.8. The van der Waals surface area contributed by atoms with E-state index in [0.29, 0.717) is 23.2 Å². The molecule has 1 aromatic carbocycles. The smallest absolute Gasteiger partial charge is 0.248 e. The molecular weight excluding hydrogens is 270 g/mol. The van der Waals surface area contributed by atoms with Crippen LogP contribution in [0.25, 0.3) is 0 Å². The van der Waals surface area contributed by atoms with Crippen LogP contribution in [0.3, 0.4) is 0 Å². The van der Waals surface area contributed by atoms with Gasteiger partial charge >= 0.3 is 0 Å². The molecule has 0 atom stereocenters. The lowest BCUT2D eigenvalue weighted by Gasteiger charge is -2.12. The van der Waals surface area contributed by atoms with Gasteiger partial charge in [0.15, 0.2) is 5.69 Å². The quantitative estimate of drug-likeness (QED) is 0.874. The summed E-state index contributed by atoms with van der Waals surface area (Å²) in [6.07, 6.45) is 3.08. The summed E-state index contributed by atoms with van der Waals surface area (Å²) in [5.74, 6) is 1.51. The topological polar surface area (TPSA) is 61.0 Å². The number of ether oxygens (including phenoxy) is 1. The predicted molar refractivity (Wildman–Crippen MR) is 83.3 cm³/mol. The largest absolute Gasteiger partial charge is 0.437 e. The van der Waals surface area contributed by atoms with E-state index < -0.39 is 0 Å². The maximum Gasteiger partial charge on any atom is 0.248 e. The molecule has 1 aromatic heterocycles. The standard InChI is InChI=1S/C15H17N3OS/c1-9(2)12-5-4-11(8-10(12)3)19-15-13(14(16)20)17-6-7-18-15/h4-9H,1-3H3,(H2,16,20). The molecular formula is C15H17N3OS. The van der Waals surface area contributed by atoms with Crippen molar-refractivity contribution >= 4 is 17.2 Å². The third-order valence-electron chi connectivity index (χ3n) is 2.98. The van der Waals surface area contributed by atoms with Gasteiger partial charge in [0.05, 0.1) is 0 Å². The van der Waals surface area contributed by atoms with Gasteiger partial charge in [0.1, 0.15) is 10.7 Å². The number of aryl methyl sites for hydroxylation is 1. The van der Waals surface area contributed by atoms with E-state index in [-0.39, 0.29) is 4.99 Å². The molecule has 0 aliphatic rings. The molecule has 0 radical (unpaired) electrons. The number of hydrogen-bond acceptors (Lipinski definition) is 4. The summed E-state index contributed by atoms with van der Waals surface area (Å²) in [5, 5.41) is 0. The Morgan fingerprint density at radius 3 is 2.55 bits per heavy atom. The van der Waals surface area contributed by atoms with Crippen LogP contribution in [0.5, 0.6) is 11.6 Å². The van der Waals surface area contributed by atoms with E-state index in [0.717, 1.165) is 0 Å². The normalized spacial score (nSPS) is 10.6. The van der Waals surface area contributed by atoms with Crippen LogP contribution in [-0.2, 0) is 0 Å². The number of hydrogen-bond donors (Lipinski definition) is 1. The van der Waals surface area contributed by atoms with Gasteiger partial charge in [-0.1, -0.05) is 32.1 Å². The van der Waals surface area contributed by atoms with E-state index in [1.807, 2.05) is 12.1 Å². The number of aromatic nitrogens is 2. The van der Waals surface area contributed by atoms with Gasteiger partial charge < -0.3 is 10.5 Å². The summed E-state index contributed by atoms with van der Waals surface area (Å²) in [7, 11) is 0. The second-order valence-corrected chi connectivity index (χ2v) is 5.29. The number of rotatable bonds is 4. The van der Waals surface area contributed by atoms with Crippen molar-refractivity contribution in [3.05, 3.63) is 47.4 Å². The highest BCUT2D eigenvalue weighted by Gasteiger charge is 2.11. The average Bonchev–Trinajstić information content (AvgIpc) is 2.38. The second-order valence-electron chi connectivity index (χ2n) is 4.85. The van der Waals surface area contributed by atoms with Crippen LogP contribution in [0.1, 0.15) is 36.6 Å². The van der Waals surface area contributed by atoms with Gasteiger partial charge in [0.25, 0.3) is 0 Å². The number of nitrogens with two attached hydrogens (primary N) is 1. The SMILES string of the molecule is Cc1cc(Oc2nccnc2C(N)=S)ccc1C(C)C. The van der Waals surface area contributed by atoms with Gasteiger partial charge in [-0.15, -0.1) is 0 Å². The van der Waals surface area contributed by atoms with E-state index in [1.54, 1.807) is 6.20 Å². The summed E-state index contributed by atoms with van der Waals surface area (Å²) in [6.45, 7) is 6.39. The minimum Gasteiger partial charge on any atom is -0.437 e. The fourth-order valence-electron chi connectivity index (χ4n) is 2.04. The van der Waals surface area contributed by atoms with Crippen LogP contribution in [0.2, 0.25) is 0 Å². The minimum atomic E-state index is 0.170. The summed E-state index contributed by atoms with van der Waals surface area (Å²) in [4.78, 5) is 8.39. The van der Waals surface area contributed by atoms with Crippen LogP contribution in [0.4, 0.5) is 0 Å². The van der Waals surface area contributed by atoms with Gasteiger partial charge in [-0.2, -0.15) is 0 Å². The van der Waals surface area contributed by atoms with Crippen molar-refractivity contribution in [3.8, 4) is 11.6 Å². The van der Waals surface area contributed by atoms with Crippen molar-refractivity contribution < 1.29 is 4.74 Å². The average molecular weight is 287 g/mol. The fourth-order valence-corrected chi connectivity index (χ4v) is 2.18. The maximum absolute atomic E-state index is 5.75. The van der Waals surface area contributed by atoms with Crippen molar-refractivity contribution in [2.45, 2.75) is 26.7 Å².